The Balaban J connectivity index is 3.01. The van der Waals surface area contributed by atoms with Crippen LogP contribution in [-0.2, 0) is 11.3 Å². The van der Waals surface area contributed by atoms with Gasteiger partial charge in [-0.25, -0.2) is 4.39 Å². The number of amides is 1. The molecule has 1 amide bonds. The van der Waals surface area contributed by atoms with Crippen molar-refractivity contribution in [1.29, 1.82) is 0 Å². The molecule has 1 atom stereocenters. The van der Waals surface area contributed by atoms with Gasteiger partial charge in [0.25, 0.3) is 5.69 Å². The molecule has 1 aromatic rings. The fourth-order valence-electron chi connectivity index (χ4n) is 1.56. The third-order valence-corrected chi connectivity index (χ3v) is 3.20. The Kier molecular flexibility index (Phi) is 4.55. The number of primary amides is 1. The predicted molar refractivity (Wildman–Crippen MR) is 67.8 cm³/mol. The summed E-state index contributed by atoms with van der Waals surface area (Å²) in [7, 11) is 0. The number of carbonyl (C=O) groups is 1. The average Bonchev–Trinajstić information content (AvgIpc) is 2.36. The zero-order valence-corrected chi connectivity index (χ0v) is 10.8. The summed E-state index contributed by atoms with van der Waals surface area (Å²) in [6.07, 6.45) is 0.393. The van der Waals surface area contributed by atoms with Crippen LogP contribution in [0, 0.1) is 15.9 Å². The SMILES string of the molecule is CC[C@](C)(NCc1c(F)cccc1[N+](=O)[O-])C(N)=O. The molecule has 104 valence electrons. The monoisotopic (exact) mass is 269 g/mol. The van der Waals surface area contributed by atoms with Crippen molar-refractivity contribution in [3.8, 4) is 0 Å². The average molecular weight is 269 g/mol. The molecule has 0 aliphatic carbocycles. The Morgan fingerprint density at radius 1 is 1.58 bits per heavy atom. The Bertz CT molecular complexity index is 507. The number of hydrogen-bond donors (Lipinski definition) is 2. The molecule has 6 nitrogen and oxygen atoms in total. The van der Waals surface area contributed by atoms with E-state index in [2.05, 4.69) is 5.32 Å². The quantitative estimate of drug-likeness (QED) is 0.603. The van der Waals surface area contributed by atoms with E-state index in [9.17, 15) is 19.3 Å². The summed E-state index contributed by atoms with van der Waals surface area (Å²) in [6, 6.07) is 3.62. The smallest absolute Gasteiger partial charge is 0.276 e. The Morgan fingerprint density at radius 2 is 2.21 bits per heavy atom. The first-order valence-electron chi connectivity index (χ1n) is 5.78. The van der Waals surface area contributed by atoms with Gasteiger partial charge in [0.05, 0.1) is 16.0 Å². The second kappa shape index (κ2) is 5.75. The molecular formula is C12H16FN3O3. The van der Waals surface area contributed by atoms with Crippen LogP contribution in [0.25, 0.3) is 0 Å². The fraction of sp³-hybridized carbons (Fsp3) is 0.417. The molecule has 0 heterocycles. The molecule has 0 fully saturated rings. The minimum absolute atomic E-state index is 0.0894. The molecular weight excluding hydrogens is 253 g/mol. The van der Waals surface area contributed by atoms with E-state index >= 15 is 0 Å². The minimum atomic E-state index is -1.03. The highest BCUT2D eigenvalue weighted by Crippen LogP contribution is 2.22. The fourth-order valence-corrected chi connectivity index (χ4v) is 1.56. The molecule has 0 radical (unpaired) electrons. The number of benzene rings is 1. The van der Waals surface area contributed by atoms with Crippen molar-refractivity contribution in [2.45, 2.75) is 32.4 Å². The van der Waals surface area contributed by atoms with Gasteiger partial charge in [-0.1, -0.05) is 13.0 Å². The second-order valence-corrected chi connectivity index (χ2v) is 4.40. The summed E-state index contributed by atoms with van der Waals surface area (Å²) in [5, 5.41) is 13.6. The number of nitrogens with zero attached hydrogens (tertiary/aromatic N) is 1. The van der Waals surface area contributed by atoms with E-state index in [0.717, 1.165) is 6.07 Å². The van der Waals surface area contributed by atoms with Gasteiger partial charge in [-0.3, -0.25) is 20.2 Å². The van der Waals surface area contributed by atoms with Gasteiger partial charge in [0, 0.05) is 12.6 Å². The maximum atomic E-state index is 13.6. The molecule has 3 N–H and O–H groups in total. The van der Waals surface area contributed by atoms with Gasteiger partial charge in [-0.05, 0) is 19.4 Å². The molecule has 0 aromatic heterocycles. The maximum Gasteiger partial charge on any atom is 0.276 e. The highest BCUT2D eigenvalue weighted by Gasteiger charge is 2.29. The van der Waals surface area contributed by atoms with Gasteiger partial charge in [0.2, 0.25) is 5.91 Å². The molecule has 7 heteroatoms. The van der Waals surface area contributed by atoms with Crippen molar-refractivity contribution in [3.05, 3.63) is 39.7 Å². The summed E-state index contributed by atoms with van der Waals surface area (Å²) in [5.41, 5.74) is 3.81. The first kappa shape index (κ1) is 15.0. The Morgan fingerprint density at radius 3 is 2.68 bits per heavy atom. The lowest BCUT2D eigenvalue weighted by Gasteiger charge is -2.26. The van der Waals surface area contributed by atoms with E-state index in [1.807, 2.05) is 0 Å². The van der Waals surface area contributed by atoms with Gasteiger partial charge in [-0.15, -0.1) is 0 Å². The van der Waals surface area contributed by atoms with Crippen molar-refractivity contribution in [2.24, 2.45) is 5.73 Å². The number of hydrogen-bond acceptors (Lipinski definition) is 4. The van der Waals surface area contributed by atoms with Crippen LogP contribution < -0.4 is 11.1 Å². The number of nitro groups is 1. The lowest BCUT2D eigenvalue weighted by atomic mass is 9.97. The standard InChI is InChI=1S/C12H16FN3O3/c1-3-12(2,11(14)17)15-7-8-9(13)5-4-6-10(8)16(18)19/h4-6,15H,3,7H2,1-2H3,(H2,14,17)/t12-/m0/s1. The summed E-state index contributed by atoms with van der Waals surface area (Å²) in [4.78, 5) is 21.5. The molecule has 0 saturated carbocycles. The zero-order chi connectivity index (χ0) is 14.6. The van der Waals surface area contributed by atoms with Crippen molar-refractivity contribution < 1.29 is 14.1 Å². The molecule has 0 aliphatic rings. The minimum Gasteiger partial charge on any atom is -0.368 e. The highest BCUT2D eigenvalue weighted by atomic mass is 19.1. The van der Waals surface area contributed by atoms with Crippen molar-refractivity contribution in [3.63, 3.8) is 0 Å². The number of nitro benzene ring substituents is 1. The van der Waals surface area contributed by atoms with E-state index in [1.165, 1.54) is 12.1 Å². The number of nitrogens with one attached hydrogen (secondary N) is 1. The molecule has 0 saturated heterocycles. The van der Waals surface area contributed by atoms with Crippen molar-refractivity contribution in [2.75, 3.05) is 0 Å². The normalized spacial score (nSPS) is 13.8. The highest BCUT2D eigenvalue weighted by molar-refractivity contribution is 5.84. The van der Waals surface area contributed by atoms with Gasteiger partial charge in [-0.2, -0.15) is 0 Å². The molecule has 1 rings (SSSR count). The summed E-state index contributed by atoms with van der Waals surface area (Å²) in [5.74, 6) is -1.28. The van der Waals surface area contributed by atoms with Gasteiger partial charge < -0.3 is 5.73 Å². The van der Waals surface area contributed by atoms with Crippen molar-refractivity contribution in [1.82, 2.24) is 5.32 Å². The summed E-state index contributed by atoms with van der Waals surface area (Å²) < 4.78 is 13.6. The number of carbonyl (C=O) groups excluding carboxylic acids is 1. The van der Waals surface area contributed by atoms with Gasteiger partial charge >= 0.3 is 0 Å². The van der Waals surface area contributed by atoms with Crippen LogP contribution in [0.5, 0.6) is 0 Å². The third-order valence-electron chi connectivity index (χ3n) is 3.20. The van der Waals surface area contributed by atoms with E-state index in [1.54, 1.807) is 13.8 Å². The van der Waals surface area contributed by atoms with Crippen LogP contribution in [0.2, 0.25) is 0 Å². The largest absolute Gasteiger partial charge is 0.368 e. The maximum absolute atomic E-state index is 13.6. The van der Waals surface area contributed by atoms with Gasteiger partial charge in [0.1, 0.15) is 5.82 Å². The van der Waals surface area contributed by atoms with E-state index < -0.39 is 22.2 Å². The molecule has 0 aliphatic heterocycles. The lowest BCUT2D eigenvalue weighted by molar-refractivity contribution is -0.385. The second-order valence-electron chi connectivity index (χ2n) is 4.40. The van der Waals surface area contributed by atoms with Crippen LogP contribution in [0.4, 0.5) is 10.1 Å². The van der Waals surface area contributed by atoms with Crippen LogP contribution >= 0.6 is 0 Å². The number of rotatable bonds is 6. The summed E-state index contributed by atoms with van der Waals surface area (Å²) in [6.45, 7) is 3.17. The topological polar surface area (TPSA) is 98.3 Å². The molecule has 0 bridgehead atoms. The van der Waals surface area contributed by atoms with E-state index in [-0.39, 0.29) is 17.8 Å². The van der Waals surface area contributed by atoms with Crippen LogP contribution in [0.15, 0.2) is 18.2 Å². The van der Waals surface area contributed by atoms with Crippen LogP contribution in [0.1, 0.15) is 25.8 Å². The van der Waals surface area contributed by atoms with Crippen LogP contribution in [-0.4, -0.2) is 16.4 Å². The summed E-state index contributed by atoms with van der Waals surface area (Å²) >= 11 is 0. The molecule has 0 spiro atoms. The van der Waals surface area contributed by atoms with E-state index in [4.69, 9.17) is 5.73 Å². The van der Waals surface area contributed by atoms with Gasteiger partial charge in [0.15, 0.2) is 0 Å². The predicted octanol–water partition coefficient (Wildman–Crippen LogP) is 1.48. The van der Waals surface area contributed by atoms with Crippen LogP contribution in [0.3, 0.4) is 0 Å². The first-order chi connectivity index (χ1) is 8.81. The Hall–Kier alpha value is -2.02. The lowest BCUT2D eigenvalue weighted by Crippen LogP contribution is -2.52. The van der Waals surface area contributed by atoms with E-state index in [0.29, 0.717) is 6.42 Å². The third kappa shape index (κ3) is 3.25. The van der Waals surface area contributed by atoms with Crippen molar-refractivity contribution >= 4 is 11.6 Å². The Labute approximate surface area is 109 Å². The molecule has 1 aromatic carbocycles. The first-order valence-corrected chi connectivity index (χ1v) is 5.78. The zero-order valence-electron chi connectivity index (χ0n) is 10.8. The number of nitrogens with two attached hydrogens (primary N) is 1. The molecule has 0 unspecified atom stereocenters. The molecule has 19 heavy (non-hydrogen) atoms. The number of halogens is 1.